The van der Waals surface area contributed by atoms with Gasteiger partial charge in [0, 0.05) is 23.4 Å². The van der Waals surface area contributed by atoms with Gasteiger partial charge in [-0.3, -0.25) is 9.59 Å². The van der Waals surface area contributed by atoms with Crippen LogP contribution in [0.5, 0.6) is 5.75 Å². The van der Waals surface area contributed by atoms with Gasteiger partial charge >= 0.3 is 0 Å². The number of hydrogen-bond acceptors (Lipinski definition) is 5. The van der Waals surface area contributed by atoms with Gasteiger partial charge in [0.05, 0.1) is 5.69 Å². The number of ether oxygens (including phenoxy) is 1. The Hall–Kier alpha value is -3.87. The second-order valence-electron chi connectivity index (χ2n) is 6.67. The Kier molecular flexibility index (Phi) is 4.87. The van der Waals surface area contributed by atoms with Crippen LogP contribution in [0, 0.1) is 13.8 Å². The van der Waals surface area contributed by atoms with Crippen molar-refractivity contribution in [2.75, 3.05) is 5.32 Å². The third kappa shape index (κ3) is 4.03. The number of hydrogen-bond donors (Lipinski definition) is 1. The van der Waals surface area contributed by atoms with E-state index < -0.39 is 0 Å². The first-order valence-corrected chi connectivity index (χ1v) is 9.09. The minimum atomic E-state index is -0.295. The van der Waals surface area contributed by atoms with Crippen LogP contribution in [0.2, 0.25) is 0 Å². The van der Waals surface area contributed by atoms with Crippen molar-refractivity contribution in [2.24, 2.45) is 0 Å². The van der Waals surface area contributed by atoms with E-state index in [-0.39, 0.29) is 18.1 Å². The summed E-state index contributed by atoms with van der Waals surface area (Å²) in [6.45, 7) is 3.79. The Morgan fingerprint density at radius 3 is 2.62 bits per heavy atom. The van der Waals surface area contributed by atoms with Gasteiger partial charge in [-0.05, 0) is 49.7 Å². The van der Waals surface area contributed by atoms with Crippen molar-refractivity contribution in [2.45, 2.75) is 20.5 Å². The maximum Gasteiger partial charge on any atom is 0.287 e. The number of aromatic nitrogens is 2. The molecule has 2 aromatic carbocycles. The summed E-state index contributed by atoms with van der Waals surface area (Å²) in [4.78, 5) is 28.8. The second-order valence-corrected chi connectivity index (χ2v) is 6.67. The van der Waals surface area contributed by atoms with Gasteiger partial charge in [-0.2, -0.15) is 0 Å². The number of nitrogens with zero attached hydrogens (tertiary/aromatic N) is 2. The first-order chi connectivity index (χ1) is 14.0. The lowest BCUT2D eigenvalue weighted by atomic mass is 10.1. The zero-order chi connectivity index (χ0) is 20.4. The number of carbonyl (C=O) groups excluding carboxylic acids is 1. The zero-order valence-electron chi connectivity index (χ0n) is 16.0. The van der Waals surface area contributed by atoms with Gasteiger partial charge in [-0.25, -0.2) is 4.98 Å². The number of benzene rings is 2. The summed E-state index contributed by atoms with van der Waals surface area (Å²) in [6.07, 6.45) is 0. The van der Waals surface area contributed by atoms with Crippen molar-refractivity contribution < 1.29 is 14.1 Å². The van der Waals surface area contributed by atoms with Gasteiger partial charge in [-0.15, -0.1) is 4.57 Å². The van der Waals surface area contributed by atoms with E-state index >= 15 is 0 Å². The molecule has 1 N–H and O–H groups in total. The summed E-state index contributed by atoms with van der Waals surface area (Å²) in [5.74, 6) is 1.05. The molecule has 1 amide bonds. The van der Waals surface area contributed by atoms with Crippen LogP contribution in [-0.2, 0) is 6.61 Å². The highest BCUT2D eigenvalue weighted by Gasteiger charge is 2.09. The van der Waals surface area contributed by atoms with E-state index in [2.05, 4.69) is 10.3 Å². The molecule has 146 valence electrons. The molecule has 4 aromatic rings. The molecule has 7 nitrogen and oxygen atoms in total. The van der Waals surface area contributed by atoms with Gasteiger partial charge in [0.15, 0.2) is 5.65 Å². The van der Waals surface area contributed by atoms with Crippen LogP contribution in [0.3, 0.4) is 0 Å². The van der Waals surface area contributed by atoms with Gasteiger partial charge in [-0.1, -0.05) is 18.2 Å². The summed E-state index contributed by atoms with van der Waals surface area (Å²) < 4.78 is 12.1. The number of nitrogens with one attached hydrogen (secondary N) is 1. The summed E-state index contributed by atoms with van der Waals surface area (Å²) in [7, 11) is 0. The molecule has 4 rings (SSSR count). The highest BCUT2D eigenvalue weighted by atomic mass is 16.5. The molecule has 0 aliphatic carbocycles. The van der Waals surface area contributed by atoms with Crippen molar-refractivity contribution in [1.29, 1.82) is 0 Å². The van der Waals surface area contributed by atoms with Crippen LogP contribution in [0.1, 0.15) is 27.4 Å². The van der Waals surface area contributed by atoms with Crippen LogP contribution in [0.15, 0.2) is 70.0 Å². The highest BCUT2D eigenvalue weighted by Crippen LogP contribution is 2.18. The molecular weight excluding hydrogens is 370 g/mol. The molecule has 0 fully saturated rings. The molecule has 0 atom stereocenters. The lowest BCUT2D eigenvalue weighted by Crippen LogP contribution is -2.14. The number of carbonyl (C=O) groups is 1. The third-order valence-corrected chi connectivity index (χ3v) is 4.41. The molecule has 0 aliphatic rings. The Balaban J connectivity index is 1.41. The normalized spacial score (nSPS) is 10.8. The molecule has 2 heterocycles. The van der Waals surface area contributed by atoms with Crippen molar-refractivity contribution in [3.63, 3.8) is 0 Å². The van der Waals surface area contributed by atoms with Gasteiger partial charge in [0.25, 0.3) is 11.5 Å². The Labute approximate surface area is 166 Å². The van der Waals surface area contributed by atoms with Crippen molar-refractivity contribution in [3.8, 4) is 5.75 Å². The predicted octanol–water partition coefficient (Wildman–Crippen LogP) is 3.74. The monoisotopic (exact) mass is 389 g/mol. The summed E-state index contributed by atoms with van der Waals surface area (Å²) in [6, 6.07) is 17.5. The first kappa shape index (κ1) is 18.5. The Morgan fingerprint density at radius 1 is 1.10 bits per heavy atom. The van der Waals surface area contributed by atoms with E-state index in [0.29, 0.717) is 34.1 Å². The van der Waals surface area contributed by atoms with Crippen molar-refractivity contribution in [1.82, 2.24) is 9.56 Å². The molecule has 0 aliphatic heterocycles. The standard InChI is InChI=1S/C22H19N3O4/c1-14-5-3-4-6-19(14)22(27)24-16-7-9-18(10-8-16)28-13-17-12-21(26)25-20(23-17)11-15(2)29-25/h3-12H,13H2,1-2H3,(H,24,27). The predicted molar refractivity (Wildman–Crippen MR) is 108 cm³/mol. The molecule has 2 aromatic heterocycles. The lowest BCUT2D eigenvalue weighted by Gasteiger charge is -2.09. The molecule has 0 saturated carbocycles. The number of aryl methyl sites for hydroxylation is 2. The van der Waals surface area contributed by atoms with Gasteiger partial charge < -0.3 is 14.6 Å². The molecular formula is C22H19N3O4. The molecule has 7 heteroatoms. The maximum absolute atomic E-state index is 12.4. The van der Waals surface area contributed by atoms with E-state index in [4.69, 9.17) is 9.26 Å². The zero-order valence-corrected chi connectivity index (χ0v) is 16.0. The van der Waals surface area contributed by atoms with E-state index in [1.54, 1.807) is 43.3 Å². The van der Waals surface area contributed by atoms with Crippen LogP contribution >= 0.6 is 0 Å². The third-order valence-electron chi connectivity index (χ3n) is 4.41. The largest absolute Gasteiger partial charge is 0.487 e. The number of fused-ring (bicyclic) bond motifs is 1. The number of amides is 1. The van der Waals surface area contributed by atoms with E-state index in [9.17, 15) is 9.59 Å². The molecule has 0 spiro atoms. The fourth-order valence-electron chi connectivity index (χ4n) is 2.97. The topological polar surface area (TPSA) is 85.8 Å². The fraction of sp³-hybridized carbons (Fsp3) is 0.136. The van der Waals surface area contributed by atoms with E-state index in [1.165, 1.54) is 6.07 Å². The SMILES string of the molecule is Cc1cc2nc(COc3ccc(NC(=O)c4ccccc4C)cc3)cc(=O)n2o1. The first-order valence-electron chi connectivity index (χ1n) is 9.09. The van der Waals surface area contributed by atoms with E-state index in [1.807, 2.05) is 25.1 Å². The molecule has 0 radical (unpaired) electrons. The van der Waals surface area contributed by atoms with Gasteiger partial charge in [0.1, 0.15) is 18.1 Å². The van der Waals surface area contributed by atoms with Crippen LogP contribution < -0.4 is 15.6 Å². The van der Waals surface area contributed by atoms with Crippen molar-refractivity contribution in [3.05, 3.63) is 93.6 Å². The average molecular weight is 389 g/mol. The summed E-state index contributed by atoms with van der Waals surface area (Å²) >= 11 is 0. The molecule has 0 saturated heterocycles. The quantitative estimate of drug-likeness (QED) is 0.562. The second kappa shape index (κ2) is 7.63. The number of anilines is 1. The maximum atomic E-state index is 12.4. The fourth-order valence-corrected chi connectivity index (χ4v) is 2.97. The minimum Gasteiger partial charge on any atom is -0.487 e. The molecule has 0 unspecified atom stereocenters. The smallest absolute Gasteiger partial charge is 0.287 e. The Bertz CT molecular complexity index is 1240. The van der Waals surface area contributed by atoms with Gasteiger partial charge in [0.2, 0.25) is 0 Å². The Morgan fingerprint density at radius 2 is 1.86 bits per heavy atom. The lowest BCUT2D eigenvalue weighted by molar-refractivity contribution is 0.102. The molecule has 29 heavy (non-hydrogen) atoms. The summed E-state index contributed by atoms with van der Waals surface area (Å²) in [5, 5.41) is 2.87. The van der Waals surface area contributed by atoms with Crippen LogP contribution in [0.25, 0.3) is 5.65 Å². The molecule has 0 bridgehead atoms. The van der Waals surface area contributed by atoms with Crippen molar-refractivity contribution >= 4 is 17.2 Å². The average Bonchev–Trinajstić information content (AvgIpc) is 3.08. The minimum absolute atomic E-state index is 0.144. The van der Waals surface area contributed by atoms with Crippen LogP contribution in [0.4, 0.5) is 5.69 Å². The summed E-state index contributed by atoms with van der Waals surface area (Å²) in [5.41, 5.74) is 2.87. The van der Waals surface area contributed by atoms with Crippen LogP contribution in [-0.4, -0.2) is 15.5 Å². The van der Waals surface area contributed by atoms with E-state index in [0.717, 1.165) is 10.1 Å². The number of rotatable bonds is 5. The highest BCUT2D eigenvalue weighted by molar-refractivity contribution is 6.05.